The lowest BCUT2D eigenvalue weighted by molar-refractivity contribution is -0.114. The van der Waals surface area contributed by atoms with Crippen molar-refractivity contribution in [2.75, 3.05) is 6.54 Å². The minimum atomic E-state index is -3.66. The Hall–Kier alpha value is -3.31. The van der Waals surface area contributed by atoms with Gasteiger partial charge in [-0.15, -0.1) is 0 Å². The molecule has 0 aliphatic carbocycles. The van der Waals surface area contributed by atoms with Crippen LogP contribution in [0.15, 0.2) is 51.9 Å². The fourth-order valence-electron chi connectivity index (χ4n) is 2.36. The van der Waals surface area contributed by atoms with Crippen LogP contribution in [-0.4, -0.2) is 26.8 Å². The first-order chi connectivity index (χ1) is 14.0. The van der Waals surface area contributed by atoms with Gasteiger partial charge in [-0.1, -0.05) is 6.92 Å². The third-order valence-corrected chi connectivity index (χ3v) is 5.22. The Morgan fingerprint density at radius 1 is 1.17 bits per heavy atom. The zero-order valence-corrected chi connectivity index (χ0v) is 17.0. The van der Waals surface area contributed by atoms with Gasteiger partial charge in [-0.25, -0.2) is 21.9 Å². The van der Waals surface area contributed by atoms with Crippen molar-refractivity contribution in [3.8, 4) is 11.5 Å². The number of benzene rings is 2. The normalized spacial score (nSPS) is 11.8. The number of amides is 1. The molecule has 8 nitrogen and oxygen atoms in total. The van der Waals surface area contributed by atoms with E-state index < -0.39 is 39.3 Å². The molecule has 2 aromatic rings. The highest BCUT2D eigenvalue weighted by Gasteiger charge is 2.16. The van der Waals surface area contributed by atoms with Gasteiger partial charge in [-0.3, -0.25) is 4.79 Å². The van der Waals surface area contributed by atoms with Crippen molar-refractivity contribution in [1.82, 2.24) is 4.72 Å². The maximum absolute atomic E-state index is 14.4. The summed E-state index contributed by atoms with van der Waals surface area (Å²) in [5, 5.41) is 0. The topological polar surface area (TPSA) is 137 Å². The highest BCUT2D eigenvalue weighted by Crippen LogP contribution is 2.30. The van der Waals surface area contributed by atoms with Crippen molar-refractivity contribution in [3.63, 3.8) is 0 Å². The molecule has 0 atom stereocenters. The molecule has 30 heavy (non-hydrogen) atoms. The van der Waals surface area contributed by atoms with Gasteiger partial charge in [0.2, 0.25) is 10.0 Å². The molecule has 0 fully saturated rings. The highest BCUT2D eigenvalue weighted by atomic mass is 32.2. The SMILES string of the molecule is CCNS(=O)(=O)c1ccc(Oc2c(F)cc(/C=C(\C)C(=O)N=C(N)N)cc2F)cc1. The summed E-state index contributed by atoms with van der Waals surface area (Å²) in [7, 11) is -3.66. The van der Waals surface area contributed by atoms with Crippen LogP contribution < -0.4 is 20.9 Å². The molecule has 0 aliphatic rings. The number of nitrogens with zero attached hydrogens (tertiary/aromatic N) is 1. The van der Waals surface area contributed by atoms with Crippen molar-refractivity contribution >= 4 is 28.0 Å². The van der Waals surface area contributed by atoms with E-state index in [1.165, 1.54) is 37.3 Å². The van der Waals surface area contributed by atoms with Crippen LogP contribution in [0.1, 0.15) is 19.4 Å². The zero-order valence-electron chi connectivity index (χ0n) is 16.1. The smallest absolute Gasteiger partial charge is 0.275 e. The molecule has 0 aliphatic heterocycles. The number of hydrogen-bond donors (Lipinski definition) is 3. The molecule has 2 rings (SSSR count). The van der Waals surface area contributed by atoms with E-state index in [0.717, 1.165) is 12.1 Å². The van der Waals surface area contributed by atoms with Crippen LogP contribution in [0.5, 0.6) is 11.5 Å². The second kappa shape index (κ2) is 9.46. The van der Waals surface area contributed by atoms with Crippen LogP contribution in [0.4, 0.5) is 8.78 Å². The van der Waals surface area contributed by atoms with Crippen LogP contribution in [0.2, 0.25) is 0 Å². The second-order valence-corrected chi connectivity index (χ2v) is 7.82. The maximum Gasteiger partial charge on any atom is 0.275 e. The molecule has 0 bridgehead atoms. The molecular formula is C19H20F2N4O4S. The van der Waals surface area contributed by atoms with E-state index in [-0.39, 0.29) is 28.3 Å². The first-order valence-corrected chi connectivity index (χ1v) is 10.1. The number of nitrogens with two attached hydrogens (primary N) is 2. The predicted octanol–water partition coefficient (Wildman–Crippen LogP) is 2.26. The first kappa shape index (κ1) is 23.0. The van der Waals surface area contributed by atoms with Crippen LogP contribution >= 0.6 is 0 Å². The monoisotopic (exact) mass is 438 g/mol. The summed E-state index contributed by atoms with van der Waals surface area (Å²) >= 11 is 0. The molecule has 5 N–H and O–H groups in total. The van der Waals surface area contributed by atoms with Gasteiger partial charge in [0.05, 0.1) is 4.90 Å². The van der Waals surface area contributed by atoms with Crippen molar-refractivity contribution in [2.24, 2.45) is 16.5 Å². The van der Waals surface area contributed by atoms with Gasteiger partial charge in [0.25, 0.3) is 5.91 Å². The summed E-state index contributed by atoms with van der Waals surface area (Å²) in [6.07, 6.45) is 1.21. The van der Waals surface area contributed by atoms with E-state index in [1.807, 2.05) is 0 Å². The van der Waals surface area contributed by atoms with E-state index in [4.69, 9.17) is 16.2 Å². The first-order valence-electron chi connectivity index (χ1n) is 8.62. The van der Waals surface area contributed by atoms with Gasteiger partial charge in [0.15, 0.2) is 23.3 Å². The van der Waals surface area contributed by atoms with Gasteiger partial charge in [-0.2, -0.15) is 4.99 Å². The number of carbonyl (C=O) groups is 1. The number of rotatable bonds is 7. The highest BCUT2D eigenvalue weighted by molar-refractivity contribution is 7.89. The zero-order chi connectivity index (χ0) is 22.5. The molecule has 0 saturated heterocycles. The number of guanidine groups is 1. The van der Waals surface area contributed by atoms with Gasteiger partial charge in [0.1, 0.15) is 5.75 Å². The average Bonchev–Trinajstić information content (AvgIpc) is 2.64. The maximum atomic E-state index is 14.4. The molecule has 0 saturated carbocycles. The van der Waals surface area contributed by atoms with Gasteiger partial charge in [-0.05, 0) is 55.0 Å². The summed E-state index contributed by atoms with van der Waals surface area (Å²) in [5.41, 5.74) is 10.4. The summed E-state index contributed by atoms with van der Waals surface area (Å²) < 4.78 is 60.1. The van der Waals surface area contributed by atoms with Gasteiger partial charge in [0, 0.05) is 12.1 Å². The van der Waals surface area contributed by atoms with E-state index in [1.54, 1.807) is 6.92 Å². The largest absolute Gasteiger partial charge is 0.451 e. The lowest BCUT2D eigenvalue weighted by Gasteiger charge is -2.10. The van der Waals surface area contributed by atoms with E-state index in [2.05, 4.69) is 9.71 Å². The third kappa shape index (κ3) is 5.84. The summed E-state index contributed by atoms with van der Waals surface area (Å²) in [6.45, 7) is 3.24. The van der Waals surface area contributed by atoms with Crippen LogP contribution in [0, 0.1) is 11.6 Å². The van der Waals surface area contributed by atoms with Crippen molar-refractivity contribution in [1.29, 1.82) is 0 Å². The Labute approximate surface area is 172 Å². The number of nitrogens with one attached hydrogen (secondary N) is 1. The molecule has 11 heteroatoms. The van der Waals surface area contributed by atoms with E-state index in [0.29, 0.717) is 0 Å². The molecular weight excluding hydrogens is 418 g/mol. The van der Waals surface area contributed by atoms with Crippen molar-refractivity contribution in [3.05, 3.63) is 59.2 Å². The fraction of sp³-hybridized carbons (Fsp3) is 0.158. The number of hydrogen-bond acceptors (Lipinski definition) is 4. The van der Waals surface area contributed by atoms with Gasteiger partial charge >= 0.3 is 0 Å². The number of carbonyl (C=O) groups excluding carboxylic acids is 1. The molecule has 2 aromatic carbocycles. The summed E-state index contributed by atoms with van der Waals surface area (Å²) in [6, 6.07) is 6.98. The predicted molar refractivity (Wildman–Crippen MR) is 108 cm³/mol. The Morgan fingerprint density at radius 3 is 2.23 bits per heavy atom. The molecule has 0 radical (unpaired) electrons. The van der Waals surface area contributed by atoms with Crippen LogP contribution in [0.25, 0.3) is 6.08 Å². The summed E-state index contributed by atoms with van der Waals surface area (Å²) in [5.74, 6) is -3.87. The van der Waals surface area contributed by atoms with Crippen molar-refractivity contribution in [2.45, 2.75) is 18.7 Å². The molecule has 160 valence electrons. The fourth-order valence-corrected chi connectivity index (χ4v) is 3.40. The molecule has 0 aromatic heterocycles. The summed E-state index contributed by atoms with van der Waals surface area (Å²) in [4.78, 5) is 15.0. The minimum Gasteiger partial charge on any atom is -0.451 e. The average molecular weight is 438 g/mol. The number of halogens is 2. The van der Waals surface area contributed by atoms with Crippen LogP contribution in [0.3, 0.4) is 0 Å². The molecule has 0 unspecified atom stereocenters. The lowest BCUT2D eigenvalue weighted by atomic mass is 10.1. The Morgan fingerprint density at radius 2 is 1.73 bits per heavy atom. The number of aliphatic imine (C=N–C) groups is 1. The molecule has 1 amide bonds. The van der Waals surface area contributed by atoms with Gasteiger partial charge < -0.3 is 16.2 Å². The Bertz CT molecular complexity index is 1090. The number of sulfonamides is 1. The third-order valence-electron chi connectivity index (χ3n) is 3.66. The number of ether oxygens (including phenoxy) is 1. The quantitative estimate of drug-likeness (QED) is 0.345. The Kier molecular flexibility index (Phi) is 7.24. The van der Waals surface area contributed by atoms with E-state index >= 15 is 0 Å². The minimum absolute atomic E-state index is 0.0148. The van der Waals surface area contributed by atoms with Crippen LogP contribution in [-0.2, 0) is 14.8 Å². The second-order valence-electron chi connectivity index (χ2n) is 6.06. The Balaban J connectivity index is 2.26. The van der Waals surface area contributed by atoms with E-state index in [9.17, 15) is 22.0 Å². The molecule has 0 heterocycles. The molecule has 0 spiro atoms. The standard InChI is InChI=1S/C19H20F2N4O4S/c1-3-24-30(27,28)14-6-4-13(5-7-14)29-17-15(20)9-12(10-16(17)21)8-11(2)18(26)25-19(22)23/h4-10,24H,3H2,1-2H3,(H4,22,23,25,26)/b11-8+. The van der Waals surface area contributed by atoms with Crippen molar-refractivity contribution < 1.29 is 26.7 Å². The lowest BCUT2D eigenvalue weighted by Crippen LogP contribution is -2.24.